The first-order chi connectivity index (χ1) is 7.17. The third kappa shape index (κ3) is 3.67. The number of halogens is 1. The lowest BCUT2D eigenvalue weighted by atomic mass is 10.1. The number of amides is 1. The van der Waals surface area contributed by atoms with Crippen LogP contribution in [0.4, 0.5) is 0 Å². The average molecular weight is 270 g/mol. The summed E-state index contributed by atoms with van der Waals surface area (Å²) in [7, 11) is 0. The first kappa shape index (κ1) is 12.2. The van der Waals surface area contributed by atoms with E-state index in [0.29, 0.717) is 0 Å². The van der Waals surface area contributed by atoms with Gasteiger partial charge < -0.3 is 5.32 Å². The van der Waals surface area contributed by atoms with E-state index in [2.05, 4.69) is 28.2 Å². The van der Waals surface area contributed by atoms with Crippen molar-refractivity contribution in [2.75, 3.05) is 5.33 Å². The Balaban J connectivity index is 2.66. The van der Waals surface area contributed by atoms with Crippen molar-refractivity contribution in [3.05, 3.63) is 35.4 Å². The fourth-order valence-electron chi connectivity index (χ4n) is 1.24. The molecule has 0 heterocycles. The van der Waals surface area contributed by atoms with Crippen LogP contribution in [-0.4, -0.2) is 17.3 Å². The van der Waals surface area contributed by atoms with Crippen LogP contribution < -0.4 is 5.32 Å². The molecule has 1 atom stereocenters. The highest BCUT2D eigenvalue weighted by Crippen LogP contribution is 2.05. The summed E-state index contributed by atoms with van der Waals surface area (Å²) in [6.45, 7) is 4.06. The first-order valence-corrected chi connectivity index (χ1v) is 6.25. The quantitative estimate of drug-likeness (QED) is 0.837. The van der Waals surface area contributed by atoms with Gasteiger partial charge in [0.25, 0.3) is 5.91 Å². The lowest BCUT2D eigenvalue weighted by Gasteiger charge is -2.10. The molecule has 1 aromatic rings. The molecule has 1 rings (SSSR count). The SMILES string of the molecule is CCc1ccc(C(=O)NC(C)CBr)cc1. The predicted molar refractivity (Wildman–Crippen MR) is 66.5 cm³/mol. The Bertz CT molecular complexity index is 321. The molecule has 0 fully saturated rings. The third-order valence-corrected chi connectivity index (χ3v) is 3.20. The summed E-state index contributed by atoms with van der Waals surface area (Å²) in [5.41, 5.74) is 1.97. The van der Waals surface area contributed by atoms with Gasteiger partial charge in [-0.05, 0) is 31.0 Å². The zero-order chi connectivity index (χ0) is 11.3. The molecule has 1 N–H and O–H groups in total. The van der Waals surface area contributed by atoms with E-state index in [1.807, 2.05) is 31.2 Å². The van der Waals surface area contributed by atoms with E-state index in [0.717, 1.165) is 17.3 Å². The molecule has 2 nitrogen and oxygen atoms in total. The minimum Gasteiger partial charge on any atom is -0.349 e. The molecule has 15 heavy (non-hydrogen) atoms. The van der Waals surface area contributed by atoms with Gasteiger partial charge in [-0.15, -0.1) is 0 Å². The first-order valence-electron chi connectivity index (χ1n) is 5.13. The van der Waals surface area contributed by atoms with Gasteiger partial charge in [0.2, 0.25) is 0 Å². The van der Waals surface area contributed by atoms with Crippen molar-refractivity contribution in [3.8, 4) is 0 Å². The maximum atomic E-state index is 11.7. The van der Waals surface area contributed by atoms with Crippen molar-refractivity contribution in [1.82, 2.24) is 5.32 Å². The van der Waals surface area contributed by atoms with Gasteiger partial charge in [-0.25, -0.2) is 0 Å². The van der Waals surface area contributed by atoms with Crippen molar-refractivity contribution in [1.29, 1.82) is 0 Å². The average Bonchev–Trinajstić information content (AvgIpc) is 2.29. The Hall–Kier alpha value is -0.830. The fraction of sp³-hybridized carbons (Fsp3) is 0.417. The summed E-state index contributed by atoms with van der Waals surface area (Å²) >= 11 is 3.32. The van der Waals surface area contributed by atoms with Crippen LogP contribution in [-0.2, 0) is 6.42 Å². The van der Waals surface area contributed by atoms with Crippen molar-refractivity contribution >= 4 is 21.8 Å². The van der Waals surface area contributed by atoms with Gasteiger partial charge in [0.1, 0.15) is 0 Å². The van der Waals surface area contributed by atoms with Crippen LogP contribution >= 0.6 is 15.9 Å². The number of aryl methyl sites for hydroxylation is 1. The van der Waals surface area contributed by atoms with E-state index in [-0.39, 0.29) is 11.9 Å². The highest BCUT2D eigenvalue weighted by Gasteiger charge is 2.07. The van der Waals surface area contributed by atoms with Gasteiger partial charge in [-0.3, -0.25) is 4.79 Å². The molecule has 0 saturated heterocycles. The van der Waals surface area contributed by atoms with E-state index in [1.165, 1.54) is 5.56 Å². The van der Waals surface area contributed by atoms with E-state index in [1.54, 1.807) is 0 Å². The molecule has 1 aromatic carbocycles. The van der Waals surface area contributed by atoms with Crippen LogP contribution in [0.5, 0.6) is 0 Å². The van der Waals surface area contributed by atoms with Gasteiger partial charge in [0.05, 0.1) is 0 Å². The lowest BCUT2D eigenvalue weighted by Crippen LogP contribution is -2.33. The standard InChI is InChI=1S/C12H16BrNO/c1-3-10-4-6-11(7-5-10)12(15)14-9(2)8-13/h4-7,9H,3,8H2,1-2H3,(H,14,15). The number of hydrogen-bond donors (Lipinski definition) is 1. The molecule has 0 aliphatic carbocycles. The second kappa shape index (κ2) is 5.91. The van der Waals surface area contributed by atoms with Gasteiger partial charge in [0.15, 0.2) is 0 Å². The molecule has 3 heteroatoms. The molecule has 1 unspecified atom stereocenters. The maximum absolute atomic E-state index is 11.7. The number of alkyl halides is 1. The lowest BCUT2D eigenvalue weighted by molar-refractivity contribution is 0.0944. The number of hydrogen-bond acceptors (Lipinski definition) is 1. The number of nitrogens with one attached hydrogen (secondary N) is 1. The minimum absolute atomic E-state index is 0.00963. The molecule has 1 amide bonds. The van der Waals surface area contributed by atoms with Crippen molar-refractivity contribution in [2.24, 2.45) is 0 Å². The molecule has 0 saturated carbocycles. The Labute approximate surface area is 99.2 Å². The Morgan fingerprint density at radius 1 is 1.40 bits per heavy atom. The third-order valence-electron chi connectivity index (χ3n) is 2.23. The summed E-state index contributed by atoms with van der Waals surface area (Å²) in [6, 6.07) is 7.88. The molecule has 0 aliphatic rings. The van der Waals surface area contributed by atoms with Crippen LogP contribution in [0.3, 0.4) is 0 Å². The Morgan fingerprint density at radius 3 is 2.47 bits per heavy atom. The zero-order valence-electron chi connectivity index (χ0n) is 9.09. The Morgan fingerprint density at radius 2 is 2.00 bits per heavy atom. The van der Waals surface area contributed by atoms with Crippen LogP contribution in [0.1, 0.15) is 29.8 Å². The van der Waals surface area contributed by atoms with Crippen LogP contribution in [0.15, 0.2) is 24.3 Å². The summed E-state index contributed by atoms with van der Waals surface area (Å²) in [6.07, 6.45) is 1.000. The molecule has 82 valence electrons. The molecular weight excluding hydrogens is 254 g/mol. The smallest absolute Gasteiger partial charge is 0.251 e. The molecular formula is C12H16BrNO. The van der Waals surface area contributed by atoms with E-state index in [9.17, 15) is 4.79 Å². The van der Waals surface area contributed by atoms with Crippen molar-refractivity contribution < 1.29 is 4.79 Å². The largest absolute Gasteiger partial charge is 0.349 e. The van der Waals surface area contributed by atoms with E-state index in [4.69, 9.17) is 0 Å². The predicted octanol–water partition coefficient (Wildman–Crippen LogP) is 2.76. The number of carbonyl (C=O) groups excluding carboxylic acids is 1. The second-order valence-electron chi connectivity index (χ2n) is 3.58. The number of benzene rings is 1. The van der Waals surface area contributed by atoms with Crippen LogP contribution in [0.2, 0.25) is 0 Å². The molecule has 0 bridgehead atoms. The molecule has 0 aliphatic heterocycles. The van der Waals surface area contributed by atoms with Crippen LogP contribution in [0.25, 0.3) is 0 Å². The van der Waals surface area contributed by atoms with E-state index < -0.39 is 0 Å². The Kier molecular flexibility index (Phi) is 4.82. The summed E-state index contributed by atoms with van der Waals surface area (Å²) in [5.74, 6) is -0.00963. The zero-order valence-corrected chi connectivity index (χ0v) is 10.7. The topological polar surface area (TPSA) is 29.1 Å². The fourth-order valence-corrected chi connectivity index (χ4v) is 1.40. The maximum Gasteiger partial charge on any atom is 0.251 e. The normalized spacial score (nSPS) is 12.2. The molecule has 0 radical (unpaired) electrons. The summed E-state index contributed by atoms with van der Waals surface area (Å²) < 4.78 is 0. The van der Waals surface area contributed by atoms with E-state index >= 15 is 0 Å². The highest BCUT2D eigenvalue weighted by molar-refractivity contribution is 9.09. The summed E-state index contributed by atoms with van der Waals surface area (Å²) in [4.78, 5) is 11.7. The second-order valence-corrected chi connectivity index (χ2v) is 4.23. The highest BCUT2D eigenvalue weighted by atomic mass is 79.9. The monoisotopic (exact) mass is 269 g/mol. The van der Waals surface area contributed by atoms with Crippen LogP contribution in [0, 0.1) is 0 Å². The van der Waals surface area contributed by atoms with Gasteiger partial charge in [0, 0.05) is 16.9 Å². The summed E-state index contributed by atoms with van der Waals surface area (Å²) in [5, 5.41) is 3.67. The van der Waals surface area contributed by atoms with Gasteiger partial charge >= 0.3 is 0 Å². The van der Waals surface area contributed by atoms with Gasteiger partial charge in [-0.1, -0.05) is 35.0 Å². The molecule has 0 aromatic heterocycles. The minimum atomic E-state index is -0.00963. The molecule has 0 spiro atoms. The van der Waals surface area contributed by atoms with Gasteiger partial charge in [-0.2, -0.15) is 0 Å². The van der Waals surface area contributed by atoms with Crippen molar-refractivity contribution in [3.63, 3.8) is 0 Å². The number of rotatable bonds is 4. The number of carbonyl (C=O) groups is 1. The van der Waals surface area contributed by atoms with Crippen molar-refractivity contribution in [2.45, 2.75) is 26.3 Å².